The number of furan rings is 1. The average molecular weight is 330 g/mol. The number of rotatable bonds is 3. The molecule has 8 heteroatoms. The van der Waals surface area contributed by atoms with E-state index in [1.807, 2.05) is 20.8 Å². The summed E-state index contributed by atoms with van der Waals surface area (Å²) in [7, 11) is 0. The Labute approximate surface area is 140 Å². The van der Waals surface area contributed by atoms with E-state index in [9.17, 15) is 4.79 Å². The average Bonchev–Trinajstić information content (AvgIpc) is 3.07. The summed E-state index contributed by atoms with van der Waals surface area (Å²) in [5.41, 5.74) is -0.130. The fourth-order valence-corrected chi connectivity index (χ4v) is 2.53. The topological polar surface area (TPSA) is 87.4 Å². The van der Waals surface area contributed by atoms with Gasteiger partial charge >= 0.3 is 0 Å². The van der Waals surface area contributed by atoms with E-state index in [4.69, 9.17) is 4.42 Å². The largest absolute Gasteiger partial charge is 0.459 e. The van der Waals surface area contributed by atoms with Gasteiger partial charge in [0.15, 0.2) is 11.6 Å². The minimum Gasteiger partial charge on any atom is -0.459 e. The Morgan fingerprint density at radius 3 is 2.62 bits per heavy atom. The zero-order valence-electron chi connectivity index (χ0n) is 14.2. The molecule has 2 aromatic rings. The summed E-state index contributed by atoms with van der Waals surface area (Å²) in [6.45, 7) is 8.75. The molecule has 0 radical (unpaired) electrons. The number of nitrogens with zero attached hydrogens (tertiary/aromatic N) is 5. The number of carbonyl (C=O) groups is 1. The molecule has 1 saturated heterocycles. The van der Waals surface area contributed by atoms with Gasteiger partial charge in [-0.3, -0.25) is 4.79 Å². The number of piperazine rings is 1. The van der Waals surface area contributed by atoms with Crippen LogP contribution in [0, 0.1) is 0 Å². The summed E-state index contributed by atoms with van der Waals surface area (Å²) in [4.78, 5) is 20.7. The zero-order chi connectivity index (χ0) is 17.2. The molecule has 1 aliphatic rings. The van der Waals surface area contributed by atoms with Gasteiger partial charge in [-0.15, -0.1) is 5.10 Å². The van der Waals surface area contributed by atoms with Gasteiger partial charge in [0.2, 0.25) is 5.95 Å². The predicted molar refractivity (Wildman–Crippen MR) is 90.0 cm³/mol. The highest BCUT2D eigenvalue weighted by Gasteiger charge is 2.24. The molecule has 0 aromatic carbocycles. The van der Waals surface area contributed by atoms with Crippen molar-refractivity contribution >= 4 is 17.7 Å². The van der Waals surface area contributed by atoms with E-state index in [1.165, 1.54) is 6.26 Å². The van der Waals surface area contributed by atoms with Gasteiger partial charge in [0, 0.05) is 31.7 Å². The summed E-state index contributed by atoms with van der Waals surface area (Å²) >= 11 is 0. The van der Waals surface area contributed by atoms with E-state index in [0.29, 0.717) is 37.9 Å². The van der Waals surface area contributed by atoms with Crippen LogP contribution in [0.25, 0.3) is 0 Å². The third-order valence-corrected chi connectivity index (χ3v) is 3.66. The van der Waals surface area contributed by atoms with Crippen molar-refractivity contribution < 1.29 is 9.21 Å². The number of hydrogen-bond acceptors (Lipinski definition) is 7. The molecular formula is C16H22N6O2. The first kappa shape index (κ1) is 16.2. The van der Waals surface area contributed by atoms with Crippen LogP contribution < -0.4 is 10.2 Å². The number of nitrogens with one attached hydrogen (secondary N) is 1. The lowest BCUT2D eigenvalue weighted by atomic mass is 10.1. The minimum atomic E-state index is -0.130. The van der Waals surface area contributed by atoms with Crippen LogP contribution in [0.15, 0.2) is 29.0 Å². The molecule has 8 nitrogen and oxygen atoms in total. The Hall–Kier alpha value is -2.64. The van der Waals surface area contributed by atoms with Gasteiger partial charge in [-0.2, -0.15) is 10.1 Å². The smallest absolute Gasteiger partial charge is 0.289 e. The third kappa shape index (κ3) is 3.81. The quantitative estimate of drug-likeness (QED) is 0.915. The number of aromatic nitrogens is 3. The van der Waals surface area contributed by atoms with Crippen LogP contribution >= 0.6 is 0 Å². The molecule has 3 rings (SSSR count). The highest BCUT2D eigenvalue weighted by atomic mass is 16.3. The predicted octanol–water partition coefficient (Wildman–Crippen LogP) is 1.64. The van der Waals surface area contributed by atoms with Crippen LogP contribution in [-0.2, 0) is 0 Å². The number of hydrogen-bond donors (Lipinski definition) is 1. The van der Waals surface area contributed by atoms with Crippen LogP contribution in [0.4, 0.5) is 11.8 Å². The van der Waals surface area contributed by atoms with Gasteiger partial charge in [-0.25, -0.2) is 0 Å². The zero-order valence-corrected chi connectivity index (χ0v) is 14.2. The molecule has 1 amide bonds. The summed E-state index contributed by atoms with van der Waals surface area (Å²) in [5.74, 6) is 1.58. The molecule has 1 N–H and O–H groups in total. The lowest BCUT2D eigenvalue weighted by Crippen LogP contribution is -2.49. The molecule has 1 fully saturated rings. The summed E-state index contributed by atoms with van der Waals surface area (Å²) < 4.78 is 5.18. The van der Waals surface area contributed by atoms with Crippen LogP contribution in [0.3, 0.4) is 0 Å². The summed E-state index contributed by atoms with van der Waals surface area (Å²) in [6, 6.07) is 3.41. The van der Waals surface area contributed by atoms with Gasteiger partial charge in [0.05, 0.1) is 12.5 Å². The second kappa shape index (κ2) is 6.46. The molecule has 128 valence electrons. The maximum absolute atomic E-state index is 12.3. The number of anilines is 2. The molecular weight excluding hydrogens is 308 g/mol. The third-order valence-electron chi connectivity index (χ3n) is 3.66. The summed E-state index contributed by atoms with van der Waals surface area (Å²) in [6.07, 6.45) is 3.16. The van der Waals surface area contributed by atoms with E-state index in [0.717, 1.165) is 5.82 Å². The highest BCUT2D eigenvalue weighted by molar-refractivity contribution is 5.91. The van der Waals surface area contributed by atoms with E-state index >= 15 is 0 Å². The Kier molecular flexibility index (Phi) is 4.37. The lowest BCUT2D eigenvalue weighted by molar-refractivity contribution is 0.0714. The molecule has 0 bridgehead atoms. The maximum atomic E-state index is 12.3. The fourth-order valence-electron chi connectivity index (χ4n) is 2.53. The summed E-state index contributed by atoms with van der Waals surface area (Å²) in [5, 5.41) is 11.3. The monoisotopic (exact) mass is 330 g/mol. The van der Waals surface area contributed by atoms with E-state index in [2.05, 4.69) is 25.4 Å². The fraction of sp³-hybridized carbons (Fsp3) is 0.500. The Balaban J connectivity index is 1.62. The second-order valence-corrected chi connectivity index (χ2v) is 6.77. The molecule has 24 heavy (non-hydrogen) atoms. The van der Waals surface area contributed by atoms with Crippen LogP contribution in [0.1, 0.15) is 31.3 Å². The molecule has 0 aliphatic carbocycles. The van der Waals surface area contributed by atoms with Crippen molar-refractivity contribution in [1.29, 1.82) is 0 Å². The minimum absolute atomic E-state index is 0.0736. The van der Waals surface area contributed by atoms with Crippen molar-refractivity contribution in [1.82, 2.24) is 20.1 Å². The van der Waals surface area contributed by atoms with Crippen molar-refractivity contribution in [2.24, 2.45) is 0 Å². The van der Waals surface area contributed by atoms with E-state index < -0.39 is 0 Å². The lowest BCUT2D eigenvalue weighted by Gasteiger charge is -2.34. The molecule has 0 spiro atoms. The highest BCUT2D eigenvalue weighted by Crippen LogP contribution is 2.17. The molecule has 0 atom stereocenters. The molecule has 2 aromatic heterocycles. The van der Waals surface area contributed by atoms with Gasteiger partial charge in [0.25, 0.3) is 5.91 Å². The van der Waals surface area contributed by atoms with Crippen LogP contribution in [-0.4, -0.2) is 57.7 Å². The first-order valence-electron chi connectivity index (χ1n) is 7.98. The van der Waals surface area contributed by atoms with Crippen molar-refractivity contribution in [3.8, 4) is 0 Å². The van der Waals surface area contributed by atoms with Gasteiger partial charge in [-0.1, -0.05) is 0 Å². The standard InChI is InChI=1S/C16H22N6O2/c1-16(2,3)19-15-18-13(11-17-20-15)21-6-8-22(9-7-21)14(23)12-5-4-10-24-12/h4-5,10-11H,6-9H2,1-3H3,(H,18,19,20). The normalized spacial score (nSPS) is 15.5. The Morgan fingerprint density at radius 2 is 2.00 bits per heavy atom. The van der Waals surface area contributed by atoms with Gasteiger partial charge in [0.1, 0.15) is 0 Å². The van der Waals surface area contributed by atoms with Crippen molar-refractivity contribution in [2.75, 3.05) is 36.4 Å². The first-order valence-corrected chi connectivity index (χ1v) is 7.98. The first-order chi connectivity index (χ1) is 11.4. The van der Waals surface area contributed by atoms with Crippen LogP contribution in [0.5, 0.6) is 0 Å². The second-order valence-electron chi connectivity index (χ2n) is 6.77. The molecule has 0 unspecified atom stereocenters. The van der Waals surface area contributed by atoms with Gasteiger partial charge < -0.3 is 19.5 Å². The van der Waals surface area contributed by atoms with Gasteiger partial charge in [-0.05, 0) is 32.9 Å². The number of carbonyl (C=O) groups excluding carboxylic acids is 1. The Morgan fingerprint density at radius 1 is 1.25 bits per heavy atom. The molecule has 1 aliphatic heterocycles. The van der Waals surface area contributed by atoms with E-state index in [-0.39, 0.29) is 11.4 Å². The van der Waals surface area contributed by atoms with Crippen molar-refractivity contribution in [3.05, 3.63) is 30.4 Å². The maximum Gasteiger partial charge on any atom is 0.289 e. The molecule has 0 saturated carbocycles. The molecule has 3 heterocycles. The number of amides is 1. The van der Waals surface area contributed by atoms with Crippen molar-refractivity contribution in [3.63, 3.8) is 0 Å². The SMILES string of the molecule is CC(C)(C)Nc1nncc(N2CCN(C(=O)c3ccco3)CC2)n1. The van der Waals surface area contributed by atoms with E-state index in [1.54, 1.807) is 23.2 Å². The van der Waals surface area contributed by atoms with Crippen molar-refractivity contribution in [2.45, 2.75) is 26.3 Å². The Bertz CT molecular complexity index is 687. The van der Waals surface area contributed by atoms with Crippen LogP contribution in [0.2, 0.25) is 0 Å².